The van der Waals surface area contributed by atoms with Gasteiger partial charge in [0, 0.05) is 16.6 Å². The minimum absolute atomic E-state index is 0.187. The van der Waals surface area contributed by atoms with E-state index in [1.54, 1.807) is 11.3 Å². The fourth-order valence-corrected chi connectivity index (χ4v) is 2.42. The summed E-state index contributed by atoms with van der Waals surface area (Å²) in [5.41, 5.74) is 1.98. The summed E-state index contributed by atoms with van der Waals surface area (Å²) in [5, 5.41) is 10.8. The third kappa shape index (κ3) is 4.08. The highest BCUT2D eigenvalue weighted by Gasteiger charge is 2.04. The van der Waals surface area contributed by atoms with Gasteiger partial charge >= 0.3 is 6.03 Å². The first kappa shape index (κ1) is 14.6. The summed E-state index contributed by atoms with van der Waals surface area (Å²) < 4.78 is 0. The summed E-state index contributed by atoms with van der Waals surface area (Å²) >= 11 is 1.63. The summed E-state index contributed by atoms with van der Waals surface area (Å²) in [4.78, 5) is 12.9. The molecule has 1 aromatic carbocycles. The Bertz CT molecular complexity index is 537. The Balaban J connectivity index is 1.84. The van der Waals surface area contributed by atoms with Crippen molar-refractivity contribution in [3.8, 4) is 0 Å². The number of urea groups is 1. The van der Waals surface area contributed by atoms with E-state index in [-0.39, 0.29) is 6.03 Å². The normalized spacial score (nSPS) is 11.9. The lowest BCUT2D eigenvalue weighted by atomic mass is 10.1. The molecule has 106 valence electrons. The van der Waals surface area contributed by atoms with E-state index in [0.29, 0.717) is 12.6 Å². The first-order chi connectivity index (χ1) is 9.69. The molecule has 0 saturated carbocycles. The van der Waals surface area contributed by atoms with Crippen LogP contribution in [0.15, 0.2) is 41.8 Å². The van der Waals surface area contributed by atoms with Crippen LogP contribution in [0.3, 0.4) is 0 Å². The van der Waals surface area contributed by atoms with E-state index < -0.39 is 0 Å². The average molecular weight is 289 g/mol. The number of amides is 2. The second-order valence-electron chi connectivity index (χ2n) is 4.52. The molecule has 1 heterocycles. The molecule has 0 spiro atoms. The minimum atomic E-state index is -0.187. The van der Waals surface area contributed by atoms with E-state index >= 15 is 0 Å². The summed E-state index contributed by atoms with van der Waals surface area (Å²) in [6.07, 6.45) is 0. The monoisotopic (exact) mass is 289 g/mol. The molecule has 3 N–H and O–H groups in total. The molecule has 5 heteroatoms. The van der Waals surface area contributed by atoms with Gasteiger partial charge in [-0.25, -0.2) is 4.79 Å². The van der Waals surface area contributed by atoms with Gasteiger partial charge < -0.3 is 16.0 Å². The number of hydrogen-bond donors (Lipinski definition) is 3. The molecule has 1 unspecified atom stereocenters. The van der Waals surface area contributed by atoms with Gasteiger partial charge in [0.25, 0.3) is 0 Å². The average Bonchev–Trinajstić information content (AvgIpc) is 2.98. The van der Waals surface area contributed by atoms with Crippen LogP contribution in [0, 0.1) is 0 Å². The number of carbonyl (C=O) groups is 1. The van der Waals surface area contributed by atoms with E-state index in [9.17, 15) is 4.79 Å². The summed E-state index contributed by atoms with van der Waals surface area (Å²) in [6.45, 7) is 2.65. The molecule has 20 heavy (non-hydrogen) atoms. The maximum atomic E-state index is 11.8. The second kappa shape index (κ2) is 7.07. The highest BCUT2D eigenvalue weighted by atomic mass is 32.1. The first-order valence-corrected chi connectivity index (χ1v) is 7.41. The van der Waals surface area contributed by atoms with Gasteiger partial charge in [0.1, 0.15) is 0 Å². The zero-order valence-corrected chi connectivity index (χ0v) is 12.5. The van der Waals surface area contributed by atoms with E-state index in [2.05, 4.69) is 22.9 Å². The molecular weight excluding hydrogens is 270 g/mol. The molecule has 1 atom stereocenters. The Hall–Kier alpha value is -1.85. The number of nitrogens with one attached hydrogen (secondary N) is 3. The zero-order valence-electron chi connectivity index (χ0n) is 11.6. The molecule has 0 aliphatic rings. The largest absolute Gasteiger partial charge is 0.333 e. The van der Waals surface area contributed by atoms with E-state index in [1.165, 1.54) is 5.56 Å². The molecule has 0 bridgehead atoms. The first-order valence-electron chi connectivity index (χ1n) is 6.53. The van der Waals surface area contributed by atoms with Crippen molar-refractivity contribution in [2.24, 2.45) is 0 Å². The predicted molar refractivity (Wildman–Crippen MR) is 84.1 cm³/mol. The van der Waals surface area contributed by atoms with Crippen LogP contribution in [-0.2, 0) is 6.54 Å². The molecule has 1 aromatic heterocycles. The van der Waals surface area contributed by atoms with Crippen molar-refractivity contribution in [1.29, 1.82) is 0 Å². The smallest absolute Gasteiger partial charge is 0.319 e. The quantitative estimate of drug-likeness (QED) is 0.790. The Morgan fingerprint density at radius 3 is 2.60 bits per heavy atom. The molecule has 4 nitrogen and oxygen atoms in total. The minimum Gasteiger partial charge on any atom is -0.333 e. The summed E-state index contributed by atoms with van der Waals surface area (Å²) in [7, 11) is 1.93. The Morgan fingerprint density at radius 1 is 1.25 bits per heavy atom. The third-order valence-electron chi connectivity index (χ3n) is 3.10. The highest BCUT2D eigenvalue weighted by Crippen LogP contribution is 2.15. The third-order valence-corrected chi connectivity index (χ3v) is 3.98. The van der Waals surface area contributed by atoms with Gasteiger partial charge in [-0.3, -0.25) is 0 Å². The van der Waals surface area contributed by atoms with Crippen molar-refractivity contribution >= 4 is 23.1 Å². The number of benzene rings is 1. The van der Waals surface area contributed by atoms with Crippen LogP contribution in [0.2, 0.25) is 0 Å². The molecule has 2 amide bonds. The predicted octanol–water partition coefficient (Wildman–Crippen LogP) is 3.35. The van der Waals surface area contributed by atoms with Crippen molar-refractivity contribution in [1.82, 2.24) is 10.6 Å². The summed E-state index contributed by atoms with van der Waals surface area (Å²) in [6, 6.07) is 11.9. The van der Waals surface area contributed by atoms with E-state index in [0.717, 1.165) is 10.6 Å². The molecular formula is C15H19N3OS. The van der Waals surface area contributed by atoms with Crippen LogP contribution in [0.1, 0.15) is 23.4 Å². The number of anilines is 1. The molecule has 0 aliphatic carbocycles. The lowest BCUT2D eigenvalue weighted by Crippen LogP contribution is -2.27. The number of carbonyl (C=O) groups excluding carboxylic acids is 1. The fourth-order valence-electron chi connectivity index (χ4n) is 1.78. The number of rotatable bonds is 5. The van der Waals surface area contributed by atoms with Crippen LogP contribution in [0.5, 0.6) is 0 Å². The summed E-state index contributed by atoms with van der Waals surface area (Å²) in [5.74, 6) is 0. The van der Waals surface area contributed by atoms with E-state index in [4.69, 9.17) is 0 Å². The van der Waals surface area contributed by atoms with Gasteiger partial charge in [-0.2, -0.15) is 0 Å². The van der Waals surface area contributed by atoms with Crippen LogP contribution in [0.25, 0.3) is 0 Å². The van der Waals surface area contributed by atoms with Crippen molar-refractivity contribution in [2.45, 2.75) is 19.5 Å². The van der Waals surface area contributed by atoms with Gasteiger partial charge in [-0.1, -0.05) is 18.2 Å². The Labute approximate surface area is 123 Å². The molecule has 0 fully saturated rings. The van der Waals surface area contributed by atoms with Crippen LogP contribution in [0.4, 0.5) is 10.5 Å². The molecule has 0 radical (unpaired) electrons. The van der Waals surface area contributed by atoms with E-state index in [1.807, 2.05) is 48.8 Å². The number of hydrogen-bond acceptors (Lipinski definition) is 3. The van der Waals surface area contributed by atoms with Crippen molar-refractivity contribution in [2.75, 3.05) is 12.4 Å². The van der Waals surface area contributed by atoms with Gasteiger partial charge in [0.15, 0.2) is 0 Å². The van der Waals surface area contributed by atoms with Gasteiger partial charge in [0.2, 0.25) is 0 Å². The SMILES string of the molecule is CNC(C)c1ccc(NC(=O)NCc2cccs2)cc1. The van der Waals surface area contributed by atoms with Crippen LogP contribution in [-0.4, -0.2) is 13.1 Å². The molecule has 2 aromatic rings. The molecule has 2 rings (SSSR count). The van der Waals surface area contributed by atoms with Gasteiger partial charge in [-0.15, -0.1) is 11.3 Å². The highest BCUT2D eigenvalue weighted by molar-refractivity contribution is 7.09. The number of thiophene rings is 1. The lowest BCUT2D eigenvalue weighted by molar-refractivity contribution is 0.252. The van der Waals surface area contributed by atoms with Gasteiger partial charge in [0.05, 0.1) is 6.54 Å². The second-order valence-corrected chi connectivity index (χ2v) is 5.55. The molecule has 0 saturated heterocycles. The lowest BCUT2D eigenvalue weighted by Gasteiger charge is -2.12. The van der Waals surface area contributed by atoms with Crippen molar-refractivity contribution in [3.63, 3.8) is 0 Å². The standard InChI is InChI=1S/C15H19N3OS/c1-11(16-2)12-5-7-13(8-6-12)18-15(19)17-10-14-4-3-9-20-14/h3-9,11,16H,10H2,1-2H3,(H2,17,18,19). The maximum absolute atomic E-state index is 11.8. The maximum Gasteiger partial charge on any atom is 0.319 e. The van der Waals surface area contributed by atoms with Gasteiger partial charge in [-0.05, 0) is 43.1 Å². The van der Waals surface area contributed by atoms with Crippen molar-refractivity contribution < 1.29 is 4.79 Å². The Morgan fingerprint density at radius 2 is 2.00 bits per heavy atom. The Kier molecular flexibility index (Phi) is 5.15. The molecule has 0 aliphatic heterocycles. The zero-order chi connectivity index (χ0) is 14.4. The topological polar surface area (TPSA) is 53.2 Å². The van der Waals surface area contributed by atoms with Crippen LogP contribution >= 0.6 is 11.3 Å². The fraction of sp³-hybridized carbons (Fsp3) is 0.267. The van der Waals surface area contributed by atoms with Crippen LogP contribution < -0.4 is 16.0 Å². The van der Waals surface area contributed by atoms with Crippen molar-refractivity contribution in [3.05, 3.63) is 52.2 Å².